The monoisotopic (exact) mass is 465 g/mol. The van der Waals surface area contributed by atoms with E-state index in [0.717, 1.165) is 39.9 Å². The van der Waals surface area contributed by atoms with Gasteiger partial charge in [-0.1, -0.05) is 11.3 Å². The minimum Gasteiger partial charge on any atom is -0.494 e. The minimum absolute atomic E-state index is 0.0533. The number of fused-ring (bicyclic) bond motifs is 1. The van der Waals surface area contributed by atoms with Gasteiger partial charge < -0.3 is 15.0 Å². The van der Waals surface area contributed by atoms with Crippen molar-refractivity contribution in [3.8, 4) is 17.0 Å². The zero-order valence-corrected chi connectivity index (χ0v) is 19.0. The molecule has 2 aromatic carbocycles. The number of nitrogens with one attached hydrogen (secondary N) is 1. The molecule has 0 aliphatic carbocycles. The number of nitrogens with zero attached hydrogens (tertiary/aromatic N) is 4. The molecule has 0 spiro atoms. The molecule has 0 unspecified atom stereocenters. The number of rotatable bonds is 6. The Hall–Kier alpha value is -3.46. The van der Waals surface area contributed by atoms with Crippen LogP contribution in [0.25, 0.3) is 16.2 Å². The Morgan fingerprint density at radius 3 is 2.55 bits per heavy atom. The Balaban J connectivity index is 1.17. The van der Waals surface area contributed by atoms with Crippen LogP contribution in [0.2, 0.25) is 0 Å². The number of imidazole rings is 1. The highest BCUT2D eigenvalue weighted by atomic mass is 32.1. The summed E-state index contributed by atoms with van der Waals surface area (Å²) in [7, 11) is 0. The molecule has 2 aromatic heterocycles. The quantitative estimate of drug-likeness (QED) is 0.446. The molecule has 5 rings (SSSR count). The molecule has 0 radical (unpaired) electrons. The summed E-state index contributed by atoms with van der Waals surface area (Å²) < 4.78 is 20.3. The van der Waals surface area contributed by atoms with Crippen molar-refractivity contribution in [1.29, 1.82) is 0 Å². The van der Waals surface area contributed by atoms with Crippen LogP contribution >= 0.6 is 11.3 Å². The van der Waals surface area contributed by atoms with Gasteiger partial charge in [0.25, 0.3) is 5.91 Å². The Morgan fingerprint density at radius 1 is 1.15 bits per heavy atom. The number of carbonyl (C=O) groups excluding carboxylic acids is 1. The third kappa shape index (κ3) is 4.68. The van der Waals surface area contributed by atoms with E-state index in [9.17, 15) is 9.18 Å². The minimum atomic E-state index is -0.267. The summed E-state index contributed by atoms with van der Waals surface area (Å²) in [6, 6.07) is 13.9. The largest absolute Gasteiger partial charge is 0.494 e. The molecule has 1 amide bonds. The number of ether oxygens (including phenoxy) is 1. The van der Waals surface area contributed by atoms with Gasteiger partial charge in [-0.15, -0.1) is 5.10 Å². The number of piperidine rings is 1. The van der Waals surface area contributed by atoms with Crippen molar-refractivity contribution in [3.05, 3.63) is 66.1 Å². The summed E-state index contributed by atoms with van der Waals surface area (Å²) in [5.41, 5.74) is 2.30. The molecule has 1 saturated heterocycles. The zero-order chi connectivity index (χ0) is 22.8. The maximum absolute atomic E-state index is 13.1. The van der Waals surface area contributed by atoms with Gasteiger partial charge in [0.15, 0.2) is 0 Å². The van der Waals surface area contributed by atoms with Crippen molar-refractivity contribution < 1.29 is 13.9 Å². The normalized spacial score (nSPS) is 14.5. The smallest absolute Gasteiger partial charge is 0.253 e. The molecule has 1 aliphatic rings. The Labute approximate surface area is 194 Å². The second-order valence-corrected chi connectivity index (χ2v) is 8.89. The fraction of sp³-hybridized carbons (Fsp3) is 0.292. The first kappa shape index (κ1) is 21.4. The standard InChI is InChI=1S/C24H24FN5O2S/c1-2-32-20-9-5-17(6-10-20)22(31)29-13-11-19(12-14-29)26-23-28-30-15-21(27-24(30)33-23)16-3-7-18(25)8-4-16/h3-10,15,19H,2,11-14H2,1H3,(H,26,28). The van der Waals surface area contributed by atoms with Gasteiger partial charge in [-0.05, 0) is 68.3 Å². The highest BCUT2D eigenvalue weighted by molar-refractivity contribution is 7.20. The molecule has 170 valence electrons. The summed E-state index contributed by atoms with van der Waals surface area (Å²) in [5.74, 6) is 0.561. The number of carbonyl (C=O) groups is 1. The van der Waals surface area contributed by atoms with Gasteiger partial charge >= 0.3 is 0 Å². The van der Waals surface area contributed by atoms with Crippen molar-refractivity contribution in [3.63, 3.8) is 0 Å². The van der Waals surface area contributed by atoms with Gasteiger partial charge in [-0.25, -0.2) is 13.9 Å². The van der Waals surface area contributed by atoms with Gasteiger partial charge in [0, 0.05) is 30.3 Å². The van der Waals surface area contributed by atoms with E-state index in [1.165, 1.54) is 23.5 Å². The average Bonchev–Trinajstić information content (AvgIpc) is 3.39. The van der Waals surface area contributed by atoms with Crippen LogP contribution in [0, 0.1) is 5.82 Å². The second kappa shape index (κ2) is 9.19. The third-order valence-corrected chi connectivity index (χ3v) is 6.56. The summed E-state index contributed by atoms with van der Waals surface area (Å²) in [6.45, 7) is 3.93. The second-order valence-electron chi connectivity index (χ2n) is 7.94. The van der Waals surface area contributed by atoms with E-state index in [4.69, 9.17) is 4.74 Å². The van der Waals surface area contributed by atoms with E-state index in [0.29, 0.717) is 25.3 Å². The average molecular weight is 466 g/mol. The molecule has 3 heterocycles. The lowest BCUT2D eigenvalue weighted by molar-refractivity contribution is 0.0718. The molecule has 33 heavy (non-hydrogen) atoms. The van der Waals surface area contributed by atoms with Crippen molar-refractivity contribution in [1.82, 2.24) is 19.5 Å². The van der Waals surface area contributed by atoms with E-state index in [1.54, 1.807) is 16.6 Å². The predicted molar refractivity (Wildman–Crippen MR) is 126 cm³/mol. The molecule has 0 atom stereocenters. The van der Waals surface area contributed by atoms with E-state index in [-0.39, 0.29) is 17.8 Å². The van der Waals surface area contributed by atoms with Crippen molar-refractivity contribution in [2.24, 2.45) is 0 Å². The fourth-order valence-corrected chi connectivity index (χ4v) is 4.82. The summed E-state index contributed by atoms with van der Waals surface area (Å²) in [5, 5.41) is 8.88. The topological polar surface area (TPSA) is 71.8 Å². The van der Waals surface area contributed by atoms with E-state index in [2.05, 4.69) is 15.4 Å². The van der Waals surface area contributed by atoms with Gasteiger partial charge in [-0.2, -0.15) is 0 Å². The highest BCUT2D eigenvalue weighted by Crippen LogP contribution is 2.26. The summed E-state index contributed by atoms with van der Waals surface area (Å²) in [6.07, 6.45) is 3.55. The van der Waals surface area contributed by atoms with E-state index >= 15 is 0 Å². The molecule has 7 nitrogen and oxygen atoms in total. The molecule has 1 fully saturated rings. The first-order valence-corrected chi connectivity index (χ1v) is 11.8. The SMILES string of the molecule is CCOc1ccc(C(=O)N2CCC(Nc3nn4cc(-c5ccc(F)cc5)nc4s3)CC2)cc1. The van der Waals surface area contributed by atoms with Crippen LogP contribution < -0.4 is 10.1 Å². The lowest BCUT2D eigenvalue weighted by atomic mass is 10.0. The van der Waals surface area contributed by atoms with Crippen LogP contribution in [0.1, 0.15) is 30.1 Å². The number of likely N-dealkylation sites (tertiary alicyclic amines) is 1. The summed E-state index contributed by atoms with van der Waals surface area (Å²) >= 11 is 1.48. The number of anilines is 1. The van der Waals surface area contributed by atoms with Crippen LogP contribution in [-0.4, -0.2) is 51.1 Å². The summed E-state index contributed by atoms with van der Waals surface area (Å²) in [4.78, 5) is 20.1. The van der Waals surface area contributed by atoms with Crippen LogP contribution in [0.4, 0.5) is 9.52 Å². The van der Waals surface area contributed by atoms with Gasteiger partial charge in [0.2, 0.25) is 10.1 Å². The van der Waals surface area contributed by atoms with Gasteiger partial charge in [-0.3, -0.25) is 4.79 Å². The van der Waals surface area contributed by atoms with Crippen LogP contribution in [0.3, 0.4) is 0 Å². The number of hydrogen-bond donors (Lipinski definition) is 1. The fourth-order valence-electron chi connectivity index (χ4n) is 3.96. The molecule has 9 heteroatoms. The molecule has 1 aliphatic heterocycles. The Kier molecular flexibility index (Phi) is 5.95. The predicted octanol–water partition coefficient (Wildman–Crippen LogP) is 4.71. The number of aromatic nitrogens is 3. The molecule has 0 saturated carbocycles. The zero-order valence-electron chi connectivity index (χ0n) is 18.2. The number of halogens is 1. The maximum Gasteiger partial charge on any atom is 0.253 e. The first-order chi connectivity index (χ1) is 16.1. The molecule has 0 bridgehead atoms. The molecule has 1 N–H and O–H groups in total. The Bertz CT molecular complexity index is 1210. The van der Waals surface area contributed by atoms with Crippen LogP contribution in [0.15, 0.2) is 54.7 Å². The van der Waals surface area contributed by atoms with E-state index < -0.39 is 0 Å². The lowest BCUT2D eigenvalue weighted by Crippen LogP contribution is -2.42. The Morgan fingerprint density at radius 2 is 1.88 bits per heavy atom. The number of benzene rings is 2. The van der Waals surface area contributed by atoms with Crippen molar-refractivity contribution >= 4 is 27.3 Å². The molecular formula is C24H24FN5O2S. The first-order valence-electron chi connectivity index (χ1n) is 11.0. The van der Waals surface area contributed by atoms with Gasteiger partial charge in [0.1, 0.15) is 11.6 Å². The molecular weight excluding hydrogens is 441 g/mol. The van der Waals surface area contributed by atoms with Gasteiger partial charge in [0.05, 0.1) is 18.5 Å². The van der Waals surface area contributed by atoms with Crippen LogP contribution in [0.5, 0.6) is 5.75 Å². The number of hydrogen-bond acceptors (Lipinski definition) is 6. The number of amides is 1. The molecule has 4 aromatic rings. The van der Waals surface area contributed by atoms with Crippen molar-refractivity contribution in [2.45, 2.75) is 25.8 Å². The maximum atomic E-state index is 13.1. The highest BCUT2D eigenvalue weighted by Gasteiger charge is 2.24. The van der Waals surface area contributed by atoms with E-state index in [1.807, 2.05) is 42.3 Å². The lowest BCUT2D eigenvalue weighted by Gasteiger charge is -2.32. The van der Waals surface area contributed by atoms with Crippen LogP contribution in [-0.2, 0) is 0 Å². The van der Waals surface area contributed by atoms with Crippen molar-refractivity contribution in [2.75, 3.05) is 25.0 Å². The third-order valence-electron chi connectivity index (χ3n) is 5.71.